The molecule has 0 radical (unpaired) electrons. The van der Waals surface area contributed by atoms with Gasteiger partial charge in [0.1, 0.15) is 17.8 Å². The average molecular weight is 595 g/mol. The Bertz CT molecular complexity index is 1050. The van der Waals surface area contributed by atoms with E-state index in [4.69, 9.17) is 9.47 Å². The molecule has 0 aromatic carbocycles. The van der Waals surface area contributed by atoms with Crippen LogP contribution in [0.15, 0.2) is 18.0 Å². The van der Waals surface area contributed by atoms with E-state index in [2.05, 4.69) is 16.9 Å². The Balaban J connectivity index is 2.43. The van der Waals surface area contributed by atoms with Crippen molar-refractivity contribution in [2.45, 2.75) is 91.0 Å². The fourth-order valence-corrected chi connectivity index (χ4v) is 5.82. The fourth-order valence-electron chi connectivity index (χ4n) is 4.99. The summed E-state index contributed by atoms with van der Waals surface area (Å²) in [5.74, 6) is -2.45. The Morgan fingerprint density at radius 1 is 1.29 bits per heavy atom. The van der Waals surface area contributed by atoms with Crippen molar-refractivity contribution in [3.8, 4) is 0 Å². The minimum Gasteiger partial charge on any atom is -0.476 e. The molecule has 0 unspecified atom stereocenters. The molecule has 2 rings (SSSR count). The Hall–Kier alpha value is -2.83. The van der Waals surface area contributed by atoms with Crippen LogP contribution in [0.5, 0.6) is 0 Å². The molecule has 1 aliphatic heterocycles. The zero-order valence-corrected chi connectivity index (χ0v) is 25.9. The number of thiazole rings is 1. The Labute approximate surface area is 247 Å². The maximum atomic E-state index is 14.3. The first-order valence-corrected chi connectivity index (χ1v) is 15.1. The molecule has 11 nitrogen and oxygen atoms in total. The van der Waals surface area contributed by atoms with Crippen molar-refractivity contribution in [1.82, 2.24) is 20.1 Å². The topological polar surface area (TPSA) is 138 Å². The maximum Gasteiger partial charge on any atom is 0.355 e. The molecule has 1 aliphatic rings. The van der Waals surface area contributed by atoms with Crippen molar-refractivity contribution in [2.24, 2.45) is 11.8 Å². The quantitative estimate of drug-likeness (QED) is 0.126. The lowest BCUT2D eigenvalue weighted by molar-refractivity contribution is -0.152. The van der Waals surface area contributed by atoms with Crippen molar-refractivity contribution < 1.29 is 33.8 Å². The van der Waals surface area contributed by atoms with Crippen LogP contribution in [0, 0.1) is 11.8 Å². The van der Waals surface area contributed by atoms with Gasteiger partial charge in [-0.3, -0.25) is 19.3 Å². The van der Waals surface area contributed by atoms with Crippen LogP contribution < -0.4 is 5.32 Å². The predicted octanol–water partition coefficient (Wildman–Crippen LogP) is 3.86. The average Bonchev–Trinajstić information content (AvgIpc) is 3.42. The number of piperidine rings is 1. The van der Waals surface area contributed by atoms with Gasteiger partial charge in [-0.05, 0) is 38.3 Å². The van der Waals surface area contributed by atoms with Crippen LogP contribution in [0.3, 0.4) is 0 Å². The number of hydrogen-bond donors (Lipinski definition) is 2. The van der Waals surface area contributed by atoms with Gasteiger partial charge < -0.3 is 24.8 Å². The number of likely N-dealkylation sites (N-methyl/N-ethyl adjacent to an activating group) is 1. The lowest BCUT2D eigenvalue weighted by Crippen LogP contribution is -2.59. The summed E-state index contributed by atoms with van der Waals surface area (Å²) in [4.78, 5) is 59.0. The number of amides is 2. The van der Waals surface area contributed by atoms with Crippen LogP contribution in [0.25, 0.3) is 0 Å². The highest BCUT2D eigenvalue weighted by Crippen LogP contribution is 2.31. The number of rotatable bonds is 16. The lowest BCUT2D eigenvalue weighted by atomic mass is 9.92. The molecule has 5 atom stereocenters. The van der Waals surface area contributed by atoms with Crippen LogP contribution in [-0.2, 0) is 23.9 Å². The maximum absolute atomic E-state index is 14.3. The molecular formula is C29H46N4O7S. The summed E-state index contributed by atoms with van der Waals surface area (Å²) in [5, 5.41) is 14.1. The number of esters is 1. The standard InChI is InChI=1S/C29H46N4O7S/c1-8-14-39-17-33(28(36)25(19(5)9-2)31-26(35)22-12-10-11-13-32(22)7)23(18(3)4)15-24(40-20(6)34)27-30-21(16-41-27)29(37)38/h8,16,18-19,22-25H,1,9-15,17H2,2-7H3,(H,31,35)(H,37,38)/t19-,22+,23+,24+,25-/m0/s1. The van der Waals surface area contributed by atoms with Crippen molar-refractivity contribution in [2.75, 3.05) is 26.9 Å². The number of aromatic nitrogens is 1. The highest BCUT2D eigenvalue weighted by Gasteiger charge is 2.38. The molecule has 230 valence electrons. The van der Waals surface area contributed by atoms with E-state index in [0.717, 1.165) is 37.1 Å². The first-order valence-electron chi connectivity index (χ1n) is 14.3. The van der Waals surface area contributed by atoms with Gasteiger partial charge in [0.25, 0.3) is 0 Å². The van der Waals surface area contributed by atoms with Crippen LogP contribution in [0.4, 0.5) is 0 Å². The first-order chi connectivity index (χ1) is 19.4. The lowest BCUT2D eigenvalue weighted by Gasteiger charge is -2.39. The van der Waals surface area contributed by atoms with E-state index >= 15 is 0 Å². The number of carbonyl (C=O) groups excluding carboxylic acids is 3. The van der Waals surface area contributed by atoms with E-state index < -0.39 is 30.1 Å². The van der Waals surface area contributed by atoms with Crippen LogP contribution in [0.1, 0.15) is 88.3 Å². The number of ether oxygens (including phenoxy) is 2. The molecule has 1 fully saturated rings. The summed E-state index contributed by atoms with van der Waals surface area (Å²) in [6.45, 7) is 13.7. The molecule has 2 N–H and O–H groups in total. The molecule has 41 heavy (non-hydrogen) atoms. The van der Waals surface area contributed by atoms with Gasteiger partial charge >= 0.3 is 11.9 Å². The van der Waals surface area contributed by atoms with Crippen molar-refractivity contribution >= 4 is 35.1 Å². The fraction of sp³-hybridized carbons (Fsp3) is 0.690. The second kappa shape index (κ2) is 16.6. The summed E-state index contributed by atoms with van der Waals surface area (Å²) in [6, 6.07) is -1.58. The molecule has 1 saturated heterocycles. The number of nitrogens with zero attached hydrogens (tertiary/aromatic N) is 3. The summed E-state index contributed by atoms with van der Waals surface area (Å²) < 4.78 is 11.4. The third-order valence-electron chi connectivity index (χ3n) is 7.55. The van der Waals surface area contributed by atoms with Crippen molar-refractivity contribution in [1.29, 1.82) is 0 Å². The van der Waals surface area contributed by atoms with Gasteiger partial charge in [0.2, 0.25) is 11.8 Å². The van der Waals surface area contributed by atoms with Gasteiger partial charge in [-0.1, -0.05) is 46.6 Å². The van der Waals surface area contributed by atoms with E-state index in [9.17, 15) is 24.3 Å². The largest absolute Gasteiger partial charge is 0.476 e. The Morgan fingerprint density at radius 3 is 2.54 bits per heavy atom. The predicted molar refractivity (Wildman–Crippen MR) is 156 cm³/mol. The van der Waals surface area contributed by atoms with Gasteiger partial charge in [0.05, 0.1) is 12.6 Å². The number of aromatic carboxylic acids is 1. The van der Waals surface area contributed by atoms with Crippen molar-refractivity contribution in [3.05, 3.63) is 28.7 Å². The van der Waals surface area contributed by atoms with E-state index in [1.165, 1.54) is 12.3 Å². The van der Waals surface area contributed by atoms with E-state index in [-0.39, 0.29) is 55.1 Å². The zero-order chi connectivity index (χ0) is 30.7. The monoisotopic (exact) mass is 594 g/mol. The summed E-state index contributed by atoms with van der Waals surface area (Å²) in [7, 11) is 1.93. The van der Waals surface area contributed by atoms with Gasteiger partial charge in [-0.2, -0.15) is 0 Å². The number of nitrogens with one attached hydrogen (secondary N) is 1. The van der Waals surface area contributed by atoms with Crippen LogP contribution >= 0.6 is 11.3 Å². The first kappa shape index (κ1) is 34.4. The van der Waals surface area contributed by atoms with E-state index in [1.807, 2.05) is 39.6 Å². The Kier molecular flexibility index (Phi) is 13.9. The zero-order valence-electron chi connectivity index (χ0n) is 25.1. The normalized spacial score (nSPS) is 18.7. The smallest absolute Gasteiger partial charge is 0.355 e. The van der Waals surface area contributed by atoms with Gasteiger partial charge in [0.15, 0.2) is 11.8 Å². The molecule has 1 aromatic rings. The van der Waals surface area contributed by atoms with Gasteiger partial charge in [0, 0.05) is 24.8 Å². The molecule has 0 saturated carbocycles. The summed E-state index contributed by atoms with van der Waals surface area (Å²) >= 11 is 1.08. The van der Waals surface area contributed by atoms with Crippen LogP contribution in [0.2, 0.25) is 0 Å². The SMILES string of the molecule is C=CCOCN(C(=O)[C@@H](NC(=O)[C@H]1CCCCN1C)[C@@H](C)CC)[C@H](C[C@@H](OC(C)=O)c1nc(C(=O)O)cs1)C(C)C. The number of carboxylic acids is 1. The Morgan fingerprint density at radius 2 is 2.00 bits per heavy atom. The third kappa shape index (κ3) is 9.89. The number of likely N-dealkylation sites (tertiary alicyclic amines) is 1. The van der Waals surface area contributed by atoms with Gasteiger partial charge in [-0.15, -0.1) is 17.9 Å². The second-order valence-electron chi connectivity index (χ2n) is 11.0. The number of carbonyl (C=O) groups is 4. The summed E-state index contributed by atoms with van der Waals surface area (Å²) in [5.41, 5.74) is -0.141. The molecular weight excluding hydrogens is 548 g/mol. The highest BCUT2D eigenvalue weighted by atomic mass is 32.1. The van der Waals surface area contributed by atoms with Crippen LogP contribution in [-0.4, -0.2) is 88.7 Å². The highest BCUT2D eigenvalue weighted by molar-refractivity contribution is 7.09. The molecule has 1 aromatic heterocycles. The minimum atomic E-state index is -1.18. The molecule has 0 spiro atoms. The molecule has 2 heterocycles. The van der Waals surface area contributed by atoms with Gasteiger partial charge in [-0.25, -0.2) is 9.78 Å². The van der Waals surface area contributed by atoms with Crippen molar-refractivity contribution in [3.63, 3.8) is 0 Å². The molecule has 12 heteroatoms. The van der Waals surface area contributed by atoms with E-state index in [0.29, 0.717) is 11.4 Å². The number of hydrogen-bond acceptors (Lipinski definition) is 9. The minimum absolute atomic E-state index is 0.0646. The molecule has 2 amide bonds. The molecule has 0 bridgehead atoms. The van der Waals surface area contributed by atoms with E-state index in [1.54, 1.807) is 11.0 Å². The molecule has 0 aliphatic carbocycles. The number of carboxylic acid groups (broad SMARTS) is 1. The third-order valence-corrected chi connectivity index (χ3v) is 8.49. The summed E-state index contributed by atoms with van der Waals surface area (Å²) in [6.07, 6.45) is 4.28. The second-order valence-corrected chi connectivity index (χ2v) is 11.9.